The summed E-state index contributed by atoms with van der Waals surface area (Å²) >= 11 is 0. The molecule has 0 radical (unpaired) electrons. The highest BCUT2D eigenvalue weighted by Crippen LogP contribution is 2.36. The van der Waals surface area contributed by atoms with Crippen LogP contribution in [0.4, 0.5) is 0 Å². The topological polar surface area (TPSA) is 45.7 Å². The molecule has 1 unspecified atom stereocenters. The molecule has 0 spiro atoms. The Morgan fingerprint density at radius 1 is 1.05 bits per heavy atom. The van der Waals surface area contributed by atoms with Crippen LogP contribution in [0, 0.1) is 0 Å². The molecule has 19 heavy (non-hydrogen) atoms. The molecule has 96 valence electrons. The minimum atomic E-state index is 0.237. The van der Waals surface area contributed by atoms with Gasteiger partial charge in [0.15, 0.2) is 0 Å². The van der Waals surface area contributed by atoms with Crippen LogP contribution >= 0.6 is 0 Å². The molecule has 0 saturated heterocycles. The zero-order chi connectivity index (χ0) is 13.1. The summed E-state index contributed by atoms with van der Waals surface area (Å²) in [5.74, 6) is 1.18. The summed E-state index contributed by atoms with van der Waals surface area (Å²) in [5.41, 5.74) is 3.05. The molecule has 3 heteroatoms. The van der Waals surface area contributed by atoms with E-state index in [1.165, 1.54) is 11.1 Å². The van der Waals surface area contributed by atoms with Crippen molar-refractivity contribution in [3.8, 4) is 0 Å². The number of hydrogen-bond acceptors (Lipinski definition) is 3. The zero-order valence-electron chi connectivity index (χ0n) is 10.5. The maximum atomic E-state index is 9.08. The molecule has 0 aliphatic heterocycles. The van der Waals surface area contributed by atoms with E-state index in [0.29, 0.717) is 12.1 Å². The van der Waals surface area contributed by atoms with Crippen molar-refractivity contribution in [1.29, 1.82) is 0 Å². The molecule has 3 nitrogen and oxygen atoms in total. The van der Waals surface area contributed by atoms with E-state index < -0.39 is 0 Å². The van der Waals surface area contributed by atoms with Crippen molar-refractivity contribution in [2.24, 2.45) is 5.16 Å². The van der Waals surface area contributed by atoms with Crippen LogP contribution < -0.4 is 0 Å². The highest BCUT2D eigenvalue weighted by Gasteiger charge is 2.24. The fourth-order valence-electron chi connectivity index (χ4n) is 2.56. The Labute approximate surface area is 111 Å². The Kier molecular flexibility index (Phi) is 3.19. The second-order valence-corrected chi connectivity index (χ2v) is 4.75. The van der Waals surface area contributed by atoms with E-state index in [0.717, 1.165) is 12.2 Å². The summed E-state index contributed by atoms with van der Waals surface area (Å²) in [6.45, 7) is 0. The van der Waals surface area contributed by atoms with E-state index >= 15 is 0 Å². The molecule has 2 aromatic rings. The Morgan fingerprint density at radius 2 is 1.89 bits per heavy atom. The monoisotopic (exact) mass is 253 g/mol. The molecular weight excluding hydrogens is 238 g/mol. The molecule has 0 fully saturated rings. The third-order valence-electron chi connectivity index (χ3n) is 3.48. The van der Waals surface area contributed by atoms with Crippen LogP contribution in [-0.4, -0.2) is 10.9 Å². The highest BCUT2D eigenvalue weighted by atomic mass is 16.4. The first kappa shape index (κ1) is 11.8. The van der Waals surface area contributed by atoms with E-state index in [9.17, 15) is 0 Å². The first-order valence-electron chi connectivity index (χ1n) is 6.37. The van der Waals surface area contributed by atoms with Gasteiger partial charge in [-0.15, -0.1) is 0 Å². The number of benzene rings is 1. The molecular formula is C16H15NO2. The summed E-state index contributed by atoms with van der Waals surface area (Å²) in [4.78, 5) is 0. The first-order valence-corrected chi connectivity index (χ1v) is 6.37. The van der Waals surface area contributed by atoms with Gasteiger partial charge >= 0.3 is 0 Å². The summed E-state index contributed by atoms with van der Waals surface area (Å²) in [6, 6.07) is 14.1. The van der Waals surface area contributed by atoms with Crippen LogP contribution in [0.5, 0.6) is 0 Å². The molecule has 0 amide bonds. The molecule has 1 atom stereocenters. The zero-order valence-corrected chi connectivity index (χ0v) is 10.5. The summed E-state index contributed by atoms with van der Waals surface area (Å²) < 4.78 is 5.49. The van der Waals surface area contributed by atoms with Crippen LogP contribution in [0.25, 0.3) is 5.57 Å². The number of oxime groups is 1. The van der Waals surface area contributed by atoms with E-state index in [2.05, 4.69) is 17.3 Å². The lowest BCUT2D eigenvalue weighted by molar-refractivity contribution is 0.317. The van der Waals surface area contributed by atoms with Crippen LogP contribution in [0.1, 0.15) is 30.1 Å². The third-order valence-corrected chi connectivity index (χ3v) is 3.48. The molecule has 0 saturated carbocycles. The average Bonchev–Trinajstić information content (AvgIpc) is 3.02. The number of rotatable bonds is 2. The third kappa shape index (κ3) is 2.45. The SMILES string of the molecule is O/N=C1/C=C(c2ccccc2)CC(c2ccco2)C1. The number of allylic oxidation sites excluding steroid dienone is 2. The Morgan fingerprint density at radius 3 is 2.58 bits per heavy atom. The van der Waals surface area contributed by atoms with Crippen molar-refractivity contribution in [3.63, 3.8) is 0 Å². The van der Waals surface area contributed by atoms with Gasteiger partial charge in [0.2, 0.25) is 0 Å². The molecule has 1 aliphatic carbocycles. The normalized spacial score (nSPS) is 21.4. The molecule has 1 aromatic heterocycles. The number of furan rings is 1. The molecule has 0 bridgehead atoms. The molecule has 1 N–H and O–H groups in total. The van der Waals surface area contributed by atoms with Crippen molar-refractivity contribution in [2.45, 2.75) is 18.8 Å². The Balaban J connectivity index is 1.94. The standard InChI is InChI=1S/C16H15NO2/c18-17-15-10-13(12-5-2-1-3-6-12)9-14(11-15)16-7-4-8-19-16/h1-8,10,14,18H,9,11H2/b17-15-. The van der Waals surface area contributed by atoms with Gasteiger partial charge in [-0.3, -0.25) is 0 Å². The van der Waals surface area contributed by atoms with Gasteiger partial charge in [-0.2, -0.15) is 0 Å². The summed E-state index contributed by atoms with van der Waals surface area (Å²) in [5, 5.41) is 12.5. The van der Waals surface area contributed by atoms with Crippen molar-refractivity contribution < 1.29 is 9.62 Å². The average molecular weight is 253 g/mol. The second-order valence-electron chi connectivity index (χ2n) is 4.75. The second kappa shape index (κ2) is 5.14. The predicted molar refractivity (Wildman–Crippen MR) is 74.3 cm³/mol. The Hall–Kier alpha value is -2.29. The lowest BCUT2D eigenvalue weighted by Gasteiger charge is -2.22. The molecule has 1 aliphatic rings. The minimum Gasteiger partial charge on any atom is -0.469 e. The Bertz CT molecular complexity index is 597. The first-order chi connectivity index (χ1) is 9.36. The number of hydrogen-bond donors (Lipinski definition) is 1. The highest BCUT2D eigenvalue weighted by molar-refractivity contribution is 6.02. The van der Waals surface area contributed by atoms with Gasteiger partial charge < -0.3 is 9.62 Å². The van der Waals surface area contributed by atoms with Gasteiger partial charge in [-0.1, -0.05) is 35.5 Å². The van der Waals surface area contributed by atoms with E-state index in [1.54, 1.807) is 6.26 Å². The van der Waals surface area contributed by atoms with Crippen LogP contribution in [0.3, 0.4) is 0 Å². The van der Waals surface area contributed by atoms with Crippen molar-refractivity contribution in [1.82, 2.24) is 0 Å². The largest absolute Gasteiger partial charge is 0.469 e. The van der Waals surface area contributed by atoms with Crippen molar-refractivity contribution in [2.75, 3.05) is 0 Å². The lowest BCUT2D eigenvalue weighted by Crippen LogP contribution is -2.12. The molecule has 1 aromatic carbocycles. The van der Waals surface area contributed by atoms with Crippen LogP contribution in [0.15, 0.2) is 64.4 Å². The molecule has 1 heterocycles. The van der Waals surface area contributed by atoms with Crippen LogP contribution in [0.2, 0.25) is 0 Å². The van der Waals surface area contributed by atoms with E-state index in [4.69, 9.17) is 9.62 Å². The van der Waals surface area contributed by atoms with Crippen molar-refractivity contribution >= 4 is 11.3 Å². The smallest absolute Gasteiger partial charge is 0.107 e. The minimum absolute atomic E-state index is 0.237. The summed E-state index contributed by atoms with van der Waals surface area (Å²) in [6.07, 6.45) is 5.26. The van der Waals surface area contributed by atoms with Gasteiger partial charge in [0.1, 0.15) is 5.76 Å². The van der Waals surface area contributed by atoms with E-state index in [-0.39, 0.29) is 5.92 Å². The fourth-order valence-corrected chi connectivity index (χ4v) is 2.56. The quantitative estimate of drug-likeness (QED) is 0.647. The van der Waals surface area contributed by atoms with E-state index in [1.807, 2.05) is 36.4 Å². The van der Waals surface area contributed by atoms with Gasteiger partial charge in [0.05, 0.1) is 12.0 Å². The van der Waals surface area contributed by atoms with Crippen molar-refractivity contribution in [3.05, 3.63) is 66.1 Å². The lowest BCUT2D eigenvalue weighted by atomic mass is 9.83. The van der Waals surface area contributed by atoms with Gasteiger partial charge in [-0.25, -0.2) is 0 Å². The van der Waals surface area contributed by atoms with Gasteiger partial charge in [0.25, 0.3) is 0 Å². The van der Waals surface area contributed by atoms with Gasteiger partial charge in [0, 0.05) is 12.3 Å². The van der Waals surface area contributed by atoms with Crippen LogP contribution in [-0.2, 0) is 0 Å². The summed E-state index contributed by atoms with van der Waals surface area (Å²) in [7, 11) is 0. The molecule has 3 rings (SSSR count). The maximum Gasteiger partial charge on any atom is 0.107 e. The number of nitrogens with zero attached hydrogens (tertiary/aromatic N) is 1. The fraction of sp³-hybridized carbons (Fsp3) is 0.188. The maximum absolute atomic E-state index is 9.08. The predicted octanol–water partition coefficient (Wildman–Crippen LogP) is 4.07. The van der Waals surface area contributed by atoms with Gasteiger partial charge in [-0.05, 0) is 35.8 Å².